The Morgan fingerprint density at radius 1 is 1.27 bits per heavy atom. The van der Waals surface area contributed by atoms with E-state index in [4.69, 9.17) is 9.47 Å². The summed E-state index contributed by atoms with van der Waals surface area (Å²) < 4.78 is 10.9. The van der Waals surface area contributed by atoms with Gasteiger partial charge in [0.05, 0.1) is 13.2 Å². The summed E-state index contributed by atoms with van der Waals surface area (Å²) in [7, 11) is 0. The number of aromatic nitrogens is 4. The summed E-state index contributed by atoms with van der Waals surface area (Å²) in [5.74, 6) is 0.741. The highest BCUT2D eigenvalue weighted by Gasteiger charge is 2.63. The molecule has 2 aromatic rings. The molecule has 2 saturated heterocycles. The number of H-pyrrole nitrogens is 1. The lowest BCUT2D eigenvalue weighted by Gasteiger charge is -2.44. The molecule has 30 heavy (non-hydrogen) atoms. The molecule has 10 nitrogen and oxygen atoms in total. The molecule has 3 heterocycles. The summed E-state index contributed by atoms with van der Waals surface area (Å²) in [6, 6.07) is 4.24. The van der Waals surface area contributed by atoms with Crippen LogP contribution in [0, 0.1) is 0 Å². The standard InChI is InChI=1S/C19H24N6O4S/c1-5-28-10-8-7-9-11(29-6-2)12(10)16(26)20-13-17(27)25-14(15-21-23-24-22-15)19(3,4)30-18(13)25/h7-9,13-14,18H,5-6H2,1-4H3,(H,20,26)(H,21,22,23,24). The molecule has 0 saturated carbocycles. The van der Waals surface area contributed by atoms with E-state index in [0.29, 0.717) is 36.1 Å². The summed E-state index contributed by atoms with van der Waals surface area (Å²) in [6.07, 6.45) is 0. The fraction of sp³-hybridized carbons (Fsp3) is 0.526. The Hall–Kier alpha value is -2.82. The van der Waals surface area contributed by atoms with Crippen LogP contribution in [-0.4, -0.2) is 66.7 Å². The van der Waals surface area contributed by atoms with Gasteiger partial charge < -0.3 is 19.7 Å². The van der Waals surface area contributed by atoms with Crippen molar-refractivity contribution in [3.8, 4) is 11.5 Å². The van der Waals surface area contributed by atoms with E-state index in [-0.39, 0.29) is 22.1 Å². The number of thioether (sulfide) groups is 1. The Balaban J connectivity index is 1.57. The lowest BCUT2D eigenvalue weighted by atomic mass is 9.95. The van der Waals surface area contributed by atoms with Gasteiger partial charge in [-0.25, -0.2) is 0 Å². The number of β-lactam (4-membered cyclic amide) rings is 1. The molecule has 2 aliphatic heterocycles. The van der Waals surface area contributed by atoms with Crippen molar-refractivity contribution in [2.24, 2.45) is 0 Å². The number of amides is 2. The molecule has 11 heteroatoms. The average molecular weight is 433 g/mol. The first-order valence-electron chi connectivity index (χ1n) is 9.81. The number of tetrazole rings is 1. The van der Waals surface area contributed by atoms with Gasteiger partial charge in [-0.3, -0.25) is 9.59 Å². The van der Waals surface area contributed by atoms with E-state index in [1.807, 2.05) is 27.7 Å². The number of nitrogens with zero attached hydrogens (tertiary/aromatic N) is 4. The van der Waals surface area contributed by atoms with E-state index >= 15 is 0 Å². The number of nitrogens with one attached hydrogen (secondary N) is 2. The first kappa shape index (κ1) is 20.5. The molecule has 4 rings (SSSR count). The summed E-state index contributed by atoms with van der Waals surface area (Å²) in [4.78, 5) is 27.8. The van der Waals surface area contributed by atoms with E-state index < -0.39 is 11.9 Å². The SMILES string of the molecule is CCOc1cccc(OCC)c1C(=O)NC1C(=O)N2C1SC(C)(C)C2c1nn[nH]n1. The highest BCUT2D eigenvalue weighted by Crippen LogP contribution is 2.56. The van der Waals surface area contributed by atoms with Gasteiger partial charge in [-0.05, 0) is 39.8 Å². The predicted octanol–water partition coefficient (Wildman–Crippen LogP) is 1.53. The van der Waals surface area contributed by atoms with E-state index in [9.17, 15) is 9.59 Å². The van der Waals surface area contributed by atoms with Crippen molar-refractivity contribution in [2.45, 2.75) is 49.9 Å². The lowest BCUT2D eigenvalue weighted by molar-refractivity contribution is -0.148. The first-order valence-corrected chi connectivity index (χ1v) is 10.7. The van der Waals surface area contributed by atoms with Gasteiger partial charge >= 0.3 is 0 Å². The van der Waals surface area contributed by atoms with Gasteiger partial charge in [0, 0.05) is 4.75 Å². The third-order valence-corrected chi connectivity index (χ3v) is 6.72. The number of hydrogen-bond donors (Lipinski definition) is 2. The molecule has 3 atom stereocenters. The third-order valence-electron chi connectivity index (χ3n) is 5.15. The van der Waals surface area contributed by atoms with Crippen molar-refractivity contribution in [2.75, 3.05) is 13.2 Å². The van der Waals surface area contributed by atoms with Crippen LogP contribution < -0.4 is 14.8 Å². The van der Waals surface area contributed by atoms with Crippen LogP contribution in [0.2, 0.25) is 0 Å². The fourth-order valence-electron chi connectivity index (χ4n) is 3.95. The average Bonchev–Trinajstić information content (AvgIpc) is 3.31. The quantitative estimate of drug-likeness (QED) is 0.632. The highest BCUT2D eigenvalue weighted by molar-refractivity contribution is 8.01. The molecule has 3 unspecified atom stereocenters. The fourth-order valence-corrected chi connectivity index (χ4v) is 5.58. The van der Waals surface area contributed by atoms with Crippen LogP contribution in [0.5, 0.6) is 11.5 Å². The number of ether oxygens (including phenoxy) is 2. The minimum absolute atomic E-state index is 0.173. The molecule has 2 amide bonds. The smallest absolute Gasteiger partial charge is 0.259 e. The van der Waals surface area contributed by atoms with Crippen molar-refractivity contribution in [3.63, 3.8) is 0 Å². The van der Waals surface area contributed by atoms with Crippen molar-refractivity contribution in [1.82, 2.24) is 30.8 Å². The van der Waals surface area contributed by atoms with Gasteiger partial charge in [0.15, 0.2) is 5.82 Å². The molecule has 0 radical (unpaired) electrons. The van der Waals surface area contributed by atoms with E-state index in [1.165, 1.54) is 0 Å². The van der Waals surface area contributed by atoms with Crippen LogP contribution in [0.1, 0.15) is 49.9 Å². The number of hydrogen-bond acceptors (Lipinski definition) is 8. The van der Waals surface area contributed by atoms with E-state index in [0.717, 1.165) is 0 Å². The molecule has 2 fully saturated rings. The number of aromatic amines is 1. The summed E-state index contributed by atoms with van der Waals surface area (Å²) in [5, 5.41) is 16.9. The molecule has 0 bridgehead atoms. The zero-order valence-electron chi connectivity index (χ0n) is 17.2. The monoisotopic (exact) mass is 432 g/mol. The van der Waals surface area contributed by atoms with Gasteiger partial charge in [-0.2, -0.15) is 5.21 Å². The van der Waals surface area contributed by atoms with Crippen LogP contribution in [-0.2, 0) is 4.79 Å². The Bertz CT molecular complexity index is 926. The van der Waals surface area contributed by atoms with Crippen molar-refractivity contribution < 1.29 is 19.1 Å². The molecular formula is C19H24N6O4S. The Kier molecular flexibility index (Phi) is 5.31. The third kappa shape index (κ3) is 3.26. The summed E-state index contributed by atoms with van der Waals surface area (Å²) >= 11 is 1.61. The minimum Gasteiger partial charge on any atom is -0.493 e. The largest absolute Gasteiger partial charge is 0.493 e. The molecule has 160 valence electrons. The van der Waals surface area contributed by atoms with Crippen LogP contribution in [0.25, 0.3) is 0 Å². The number of carbonyl (C=O) groups excluding carboxylic acids is 2. The molecule has 0 aliphatic carbocycles. The Morgan fingerprint density at radius 2 is 1.93 bits per heavy atom. The summed E-state index contributed by atoms with van der Waals surface area (Å²) in [5.41, 5.74) is 0.296. The number of carbonyl (C=O) groups is 2. The Morgan fingerprint density at radius 3 is 2.50 bits per heavy atom. The number of rotatable bonds is 7. The van der Waals surface area contributed by atoms with Crippen LogP contribution in [0.3, 0.4) is 0 Å². The second kappa shape index (κ2) is 7.78. The molecule has 0 spiro atoms. The van der Waals surface area contributed by atoms with Gasteiger partial charge in [0.1, 0.15) is 34.5 Å². The normalized spacial score (nSPS) is 24.2. The molecule has 2 aliphatic rings. The lowest BCUT2D eigenvalue weighted by Crippen LogP contribution is -2.67. The van der Waals surface area contributed by atoms with Crippen molar-refractivity contribution >= 4 is 23.6 Å². The second-order valence-corrected chi connectivity index (χ2v) is 9.25. The predicted molar refractivity (Wildman–Crippen MR) is 109 cm³/mol. The van der Waals surface area contributed by atoms with Gasteiger partial charge in [0.2, 0.25) is 5.91 Å². The molecule has 2 N–H and O–H groups in total. The maximum absolute atomic E-state index is 13.2. The van der Waals surface area contributed by atoms with E-state index in [1.54, 1.807) is 34.9 Å². The van der Waals surface area contributed by atoms with Crippen LogP contribution in [0.15, 0.2) is 18.2 Å². The minimum atomic E-state index is -0.650. The maximum atomic E-state index is 13.2. The number of fused-ring (bicyclic) bond motifs is 1. The zero-order chi connectivity index (χ0) is 21.5. The van der Waals surface area contributed by atoms with Gasteiger partial charge in [-0.1, -0.05) is 11.3 Å². The highest BCUT2D eigenvalue weighted by atomic mass is 32.2. The number of benzene rings is 1. The van der Waals surface area contributed by atoms with E-state index in [2.05, 4.69) is 25.9 Å². The van der Waals surface area contributed by atoms with Gasteiger partial charge in [-0.15, -0.1) is 22.0 Å². The maximum Gasteiger partial charge on any atom is 0.259 e. The summed E-state index contributed by atoms with van der Waals surface area (Å²) in [6.45, 7) is 8.56. The first-order chi connectivity index (χ1) is 14.4. The van der Waals surface area contributed by atoms with Crippen molar-refractivity contribution in [3.05, 3.63) is 29.6 Å². The zero-order valence-corrected chi connectivity index (χ0v) is 18.0. The van der Waals surface area contributed by atoms with Crippen molar-refractivity contribution in [1.29, 1.82) is 0 Å². The topological polar surface area (TPSA) is 122 Å². The molecule has 1 aromatic carbocycles. The second-order valence-electron chi connectivity index (χ2n) is 7.48. The molecular weight excluding hydrogens is 408 g/mol. The van der Waals surface area contributed by atoms with Gasteiger partial charge in [0.25, 0.3) is 5.91 Å². The molecule has 1 aromatic heterocycles. The Labute approximate surface area is 178 Å². The van der Waals surface area contributed by atoms with Crippen LogP contribution >= 0.6 is 11.8 Å². The van der Waals surface area contributed by atoms with Crippen LogP contribution in [0.4, 0.5) is 0 Å².